The highest BCUT2D eigenvalue weighted by molar-refractivity contribution is 7.89. The van der Waals surface area contributed by atoms with Crippen LogP contribution in [0.1, 0.15) is 13.3 Å². The number of nitrogens with two attached hydrogens (primary N) is 1. The van der Waals surface area contributed by atoms with Crippen LogP contribution in [0, 0.1) is 5.82 Å². The van der Waals surface area contributed by atoms with Gasteiger partial charge in [0.1, 0.15) is 4.90 Å². The van der Waals surface area contributed by atoms with Gasteiger partial charge in [-0.05, 0) is 25.5 Å². The molecule has 0 heterocycles. The topological polar surface area (TPSA) is 72.2 Å². The normalized spacial score (nSPS) is 13.3. The number of nitrogens with one attached hydrogen (secondary N) is 1. The van der Waals surface area contributed by atoms with Crippen molar-refractivity contribution in [2.24, 2.45) is 0 Å². The Morgan fingerprint density at radius 1 is 1.61 bits per heavy atom. The average Bonchev–Trinajstić information content (AvgIpc) is 2.22. The van der Waals surface area contributed by atoms with Gasteiger partial charge >= 0.3 is 0 Å². The first-order chi connectivity index (χ1) is 8.27. The maximum absolute atomic E-state index is 13.7. The minimum atomic E-state index is -3.99. The van der Waals surface area contributed by atoms with Crippen molar-refractivity contribution >= 4 is 27.3 Å². The molecule has 0 aliphatic heterocycles. The van der Waals surface area contributed by atoms with Crippen molar-refractivity contribution in [1.29, 1.82) is 0 Å². The van der Waals surface area contributed by atoms with Gasteiger partial charge < -0.3 is 5.73 Å². The zero-order chi connectivity index (χ0) is 13.9. The van der Waals surface area contributed by atoms with Crippen LogP contribution in [0.5, 0.6) is 0 Å². The summed E-state index contributed by atoms with van der Waals surface area (Å²) >= 11 is 5.67. The second-order valence-electron chi connectivity index (χ2n) is 3.85. The van der Waals surface area contributed by atoms with Gasteiger partial charge in [-0.25, -0.2) is 17.5 Å². The van der Waals surface area contributed by atoms with Crippen molar-refractivity contribution in [2.45, 2.75) is 24.3 Å². The molecule has 1 aromatic carbocycles. The summed E-state index contributed by atoms with van der Waals surface area (Å²) in [4.78, 5) is -0.552. The molecule has 1 unspecified atom stereocenters. The Hall–Kier alpha value is -1.11. The molecule has 0 radical (unpaired) electrons. The molecule has 1 atom stereocenters. The Balaban J connectivity index is 3.16. The molecule has 18 heavy (non-hydrogen) atoms. The van der Waals surface area contributed by atoms with Crippen molar-refractivity contribution in [3.8, 4) is 0 Å². The van der Waals surface area contributed by atoms with E-state index in [1.807, 2.05) is 0 Å². The number of halogens is 2. The molecule has 0 saturated heterocycles. The van der Waals surface area contributed by atoms with Gasteiger partial charge in [-0.2, -0.15) is 0 Å². The number of hydrogen-bond donors (Lipinski definition) is 2. The number of rotatable bonds is 5. The number of nitrogen functional groups attached to an aromatic ring is 1. The highest BCUT2D eigenvalue weighted by atomic mass is 35.5. The number of anilines is 1. The van der Waals surface area contributed by atoms with Crippen LogP contribution < -0.4 is 10.5 Å². The molecular weight excluding hydrogens is 279 g/mol. The van der Waals surface area contributed by atoms with E-state index in [9.17, 15) is 12.8 Å². The Labute approximate surface area is 111 Å². The summed E-state index contributed by atoms with van der Waals surface area (Å²) in [6, 6.07) is 1.78. The zero-order valence-electron chi connectivity index (χ0n) is 9.78. The third-order valence-corrected chi connectivity index (χ3v) is 4.01. The molecule has 0 aliphatic rings. The standard InChI is InChI=1S/C11H14ClFN2O2S/c1-3-4-7(2)15-18(16,17)10-6-8(12)5-9(14)11(10)13/h3,5-7,15H,1,4,14H2,2H3. The molecule has 1 aromatic rings. The smallest absolute Gasteiger partial charge is 0.243 e. The molecule has 3 N–H and O–H groups in total. The fourth-order valence-corrected chi connectivity index (χ4v) is 3.09. The van der Waals surface area contributed by atoms with Crippen LogP contribution in [0.2, 0.25) is 5.02 Å². The molecule has 0 fully saturated rings. The lowest BCUT2D eigenvalue weighted by molar-refractivity contribution is 0.545. The summed E-state index contributed by atoms with van der Waals surface area (Å²) in [5.74, 6) is -1.00. The summed E-state index contributed by atoms with van der Waals surface area (Å²) in [6.45, 7) is 5.14. The Morgan fingerprint density at radius 2 is 2.22 bits per heavy atom. The van der Waals surface area contributed by atoms with Crippen LogP contribution >= 0.6 is 11.6 Å². The zero-order valence-corrected chi connectivity index (χ0v) is 11.4. The Bertz CT molecular complexity index is 560. The minimum Gasteiger partial charge on any atom is -0.396 e. The van der Waals surface area contributed by atoms with Crippen LogP contribution in [0.3, 0.4) is 0 Å². The third kappa shape index (κ3) is 3.44. The van der Waals surface area contributed by atoms with Crippen molar-refractivity contribution in [3.05, 3.63) is 35.6 Å². The summed E-state index contributed by atoms with van der Waals surface area (Å²) in [5, 5.41) is 0.0608. The second-order valence-corrected chi connectivity index (χ2v) is 5.97. The molecular formula is C11H14ClFN2O2S. The van der Waals surface area contributed by atoms with Gasteiger partial charge in [0.05, 0.1) is 5.69 Å². The molecule has 0 aliphatic carbocycles. The van der Waals surface area contributed by atoms with Crippen molar-refractivity contribution in [1.82, 2.24) is 4.72 Å². The monoisotopic (exact) mass is 292 g/mol. The Kier molecular flexibility index (Phi) is 4.72. The van der Waals surface area contributed by atoms with E-state index in [1.54, 1.807) is 13.0 Å². The van der Waals surface area contributed by atoms with Crippen LogP contribution in [0.4, 0.5) is 10.1 Å². The lowest BCUT2D eigenvalue weighted by Gasteiger charge is -2.13. The maximum atomic E-state index is 13.7. The van der Waals surface area contributed by atoms with Crippen LogP contribution in [-0.2, 0) is 10.0 Å². The molecule has 0 amide bonds. The molecule has 1 rings (SSSR count). The fourth-order valence-electron chi connectivity index (χ4n) is 1.41. The van der Waals surface area contributed by atoms with Crippen LogP contribution in [0.15, 0.2) is 29.7 Å². The van der Waals surface area contributed by atoms with Gasteiger partial charge in [-0.1, -0.05) is 17.7 Å². The van der Waals surface area contributed by atoms with Crippen LogP contribution in [-0.4, -0.2) is 14.5 Å². The van der Waals surface area contributed by atoms with E-state index in [4.69, 9.17) is 17.3 Å². The molecule has 100 valence electrons. The molecule has 0 spiro atoms. The molecule has 0 bridgehead atoms. The highest BCUT2D eigenvalue weighted by Crippen LogP contribution is 2.25. The molecule has 0 aromatic heterocycles. The highest BCUT2D eigenvalue weighted by Gasteiger charge is 2.23. The van der Waals surface area contributed by atoms with Crippen LogP contribution in [0.25, 0.3) is 0 Å². The third-order valence-electron chi connectivity index (χ3n) is 2.20. The van der Waals surface area contributed by atoms with Crippen molar-refractivity contribution < 1.29 is 12.8 Å². The lowest BCUT2D eigenvalue weighted by Crippen LogP contribution is -2.32. The molecule has 7 heteroatoms. The van der Waals surface area contributed by atoms with Crippen molar-refractivity contribution in [3.63, 3.8) is 0 Å². The maximum Gasteiger partial charge on any atom is 0.243 e. The van der Waals surface area contributed by atoms with E-state index in [0.717, 1.165) is 12.1 Å². The number of benzene rings is 1. The van der Waals surface area contributed by atoms with Gasteiger partial charge in [-0.3, -0.25) is 0 Å². The van der Waals surface area contributed by atoms with E-state index in [2.05, 4.69) is 11.3 Å². The second kappa shape index (κ2) is 5.69. The Morgan fingerprint density at radius 3 is 2.78 bits per heavy atom. The number of sulfonamides is 1. The van der Waals surface area contributed by atoms with E-state index < -0.39 is 26.8 Å². The van der Waals surface area contributed by atoms with Gasteiger partial charge in [0.2, 0.25) is 10.0 Å². The summed E-state index contributed by atoms with van der Waals surface area (Å²) in [7, 11) is -3.99. The predicted octanol–water partition coefficient (Wildman–Crippen LogP) is 2.30. The van der Waals surface area contributed by atoms with Crippen molar-refractivity contribution in [2.75, 3.05) is 5.73 Å². The quantitative estimate of drug-likeness (QED) is 0.646. The first-order valence-corrected chi connectivity index (χ1v) is 7.01. The largest absolute Gasteiger partial charge is 0.396 e. The lowest BCUT2D eigenvalue weighted by atomic mass is 10.3. The fraction of sp³-hybridized carbons (Fsp3) is 0.273. The first kappa shape index (κ1) is 14.9. The minimum absolute atomic E-state index is 0.0608. The SMILES string of the molecule is C=CCC(C)NS(=O)(=O)c1cc(Cl)cc(N)c1F. The van der Waals surface area contributed by atoms with E-state index in [0.29, 0.717) is 6.42 Å². The number of hydrogen-bond acceptors (Lipinski definition) is 3. The summed E-state index contributed by atoms with van der Waals surface area (Å²) < 4.78 is 39.9. The van der Waals surface area contributed by atoms with Gasteiger partial charge in [-0.15, -0.1) is 6.58 Å². The van der Waals surface area contributed by atoms with E-state index in [1.165, 1.54) is 0 Å². The van der Waals surface area contributed by atoms with Gasteiger partial charge in [0, 0.05) is 11.1 Å². The van der Waals surface area contributed by atoms with Gasteiger partial charge in [0.25, 0.3) is 0 Å². The molecule has 0 saturated carbocycles. The first-order valence-electron chi connectivity index (χ1n) is 5.15. The predicted molar refractivity (Wildman–Crippen MR) is 70.4 cm³/mol. The van der Waals surface area contributed by atoms with Gasteiger partial charge in [0.15, 0.2) is 5.82 Å². The average molecular weight is 293 g/mol. The summed E-state index contributed by atoms with van der Waals surface area (Å²) in [5.41, 5.74) is 5.03. The van der Waals surface area contributed by atoms with E-state index >= 15 is 0 Å². The molecule has 4 nitrogen and oxygen atoms in total. The summed E-state index contributed by atoms with van der Waals surface area (Å²) in [6.07, 6.45) is 1.99. The van der Waals surface area contributed by atoms with E-state index in [-0.39, 0.29) is 10.7 Å².